The van der Waals surface area contributed by atoms with Crippen LogP contribution in [-0.4, -0.2) is 28.0 Å². The minimum Gasteiger partial charge on any atom is -0.486 e. The van der Waals surface area contributed by atoms with Crippen LogP contribution in [0.15, 0.2) is 48.5 Å². The number of carboxylic acid groups (broad SMARTS) is 1. The van der Waals surface area contributed by atoms with Crippen LogP contribution < -0.4 is 4.74 Å². The van der Waals surface area contributed by atoms with E-state index in [2.05, 4.69) is 26.0 Å². The number of carbonyl (C=O) groups excluding carboxylic acids is 1. The lowest BCUT2D eigenvalue weighted by atomic mass is 10.0. The molecule has 0 aliphatic rings. The first kappa shape index (κ1) is 26.5. The van der Waals surface area contributed by atoms with E-state index in [0.717, 1.165) is 24.8 Å². The van der Waals surface area contributed by atoms with Gasteiger partial charge in [0, 0.05) is 16.6 Å². The second-order valence-corrected chi connectivity index (χ2v) is 9.32. The van der Waals surface area contributed by atoms with Gasteiger partial charge in [0.15, 0.2) is 5.78 Å². The summed E-state index contributed by atoms with van der Waals surface area (Å²) in [6.45, 7) is 4.37. The van der Waals surface area contributed by atoms with Crippen molar-refractivity contribution < 1.29 is 19.4 Å². The number of rotatable bonds is 16. The number of ether oxygens (including phenoxy) is 1. The van der Waals surface area contributed by atoms with Gasteiger partial charge in [0.25, 0.3) is 0 Å². The van der Waals surface area contributed by atoms with Gasteiger partial charge in [0.1, 0.15) is 12.4 Å². The fourth-order valence-electron chi connectivity index (χ4n) is 4.63. The number of Topliss-reactive ketones (excluding diaryl/α,β-unsaturated/α-hetero) is 1. The number of aromatic nitrogens is 1. The number of carboxylic acids is 1. The molecule has 0 fully saturated rings. The molecular weight excluding hydrogens is 438 g/mol. The lowest BCUT2D eigenvalue weighted by molar-refractivity contribution is -0.121. The molecule has 0 amide bonds. The molecular formula is C30H39NO4. The van der Waals surface area contributed by atoms with Crippen LogP contribution in [0, 0.1) is 0 Å². The summed E-state index contributed by atoms with van der Waals surface area (Å²) in [5.74, 6) is -0.354. The Balaban J connectivity index is 1.60. The standard InChI is InChI=1S/C30H39NO4/c1-3-5-7-8-9-10-13-23-17-19-25(20-18-23)35-22-24(32)21-31-27-16-12-11-14-26(27)29(30(33)34)28(31)15-6-4-2/h11-12,14,16-20H,3-10,13,15,21-22H2,1-2H3,(H,33,34). The van der Waals surface area contributed by atoms with E-state index in [1.165, 1.54) is 44.1 Å². The van der Waals surface area contributed by atoms with E-state index in [9.17, 15) is 14.7 Å². The smallest absolute Gasteiger partial charge is 0.338 e. The SMILES string of the molecule is CCCCCCCCc1ccc(OCC(=O)Cn2c(CCCC)c(C(=O)O)c3ccccc32)cc1. The van der Waals surface area contributed by atoms with E-state index in [4.69, 9.17) is 4.74 Å². The van der Waals surface area contributed by atoms with Gasteiger partial charge in [-0.1, -0.05) is 82.7 Å². The lowest BCUT2D eigenvalue weighted by Gasteiger charge is -2.12. The lowest BCUT2D eigenvalue weighted by Crippen LogP contribution is -2.19. The summed E-state index contributed by atoms with van der Waals surface area (Å²) >= 11 is 0. The molecule has 0 spiro atoms. The summed E-state index contributed by atoms with van der Waals surface area (Å²) in [4.78, 5) is 24.9. The van der Waals surface area contributed by atoms with E-state index < -0.39 is 5.97 Å². The number of para-hydroxylation sites is 1. The quantitative estimate of drug-likeness (QED) is 0.221. The van der Waals surface area contributed by atoms with Gasteiger partial charge in [-0.25, -0.2) is 4.79 Å². The molecule has 35 heavy (non-hydrogen) atoms. The molecule has 3 aromatic rings. The molecule has 2 aromatic carbocycles. The Morgan fingerprint density at radius 3 is 2.23 bits per heavy atom. The monoisotopic (exact) mass is 477 g/mol. The van der Waals surface area contributed by atoms with Crippen LogP contribution >= 0.6 is 0 Å². The highest BCUT2D eigenvalue weighted by Gasteiger charge is 2.22. The van der Waals surface area contributed by atoms with E-state index in [-0.39, 0.29) is 18.9 Å². The van der Waals surface area contributed by atoms with Crippen LogP contribution in [0.1, 0.15) is 86.8 Å². The third-order valence-electron chi connectivity index (χ3n) is 6.54. The third kappa shape index (κ3) is 7.45. The van der Waals surface area contributed by atoms with Gasteiger partial charge in [0.05, 0.1) is 12.1 Å². The summed E-state index contributed by atoms with van der Waals surface area (Å²) in [6.07, 6.45) is 11.2. The van der Waals surface area contributed by atoms with Crippen LogP contribution in [0.2, 0.25) is 0 Å². The van der Waals surface area contributed by atoms with Gasteiger partial charge in [-0.15, -0.1) is 0 Å². The topological polar surface area (TPSA) is 68.5 Å². The molecule has 0 atom stereocenters. The summed E-state index contributed by atoms with van der Waals surface area (Å²) in [5.41, 5.74) is 3.10. The Labute approximate surface area is 209 Å². The summed E-state index contributed by atoms with van der Waals surface area (Å²) in [7, 11) is 0. The molecule has 0 aliphatic heterocycles. The number of benzene rings is 2. The zero-order chi connectivity index (χ0) is 25.0. The maximum absolute atomic E-state index is 12.9. The Hall–Kier alpha value is -3.08. The molecule has 0 aliphatic carbocycles. The molecule has 1 N–H and O–H groups in total. The molecule has 0 saturated carbocycles. The van der Waals surface area contributed by atoms with E-state index >= 15 is 0 Å². The Bertz CT molecular complexity index is 1100. The van der Waals surface area contributed by atoms with Gasteiger partial charge < -0.3 is 14.4 Å². The normalized spacial score (nSPS) is 11.1. The second-order valence-electron chi connectivity index (χ2n) is 9.32. The van der Waals surface area contributed by atoms with Crippen molar-refractivity contribution in [2.45, 2.75) is 84.6 Å². The first-order valence-corrected chi connectivity index (χ1v) is 13.1. The summed E-state index contributed by atoms with van der Waals surface area (Å²) in [6, 6.07) is 15.4. The number of ketones is 1. The Morgan fingerprint density at radius 1 is 0.829 bits per heavy atom. The van der Waals surface area contributed by atoms with E-state index in [1.807, 2.05) is 41.0 Å². The van der Waals surface area contributed by atoms with Crippen LogP contribution in [0.25, 0.3) is 10.9 Å². The van der Waals surface area contributed by atoms with Crippen molar-refractivity contribution in [2.24, 2.45) is 0 Å². The first-order chi connectivity index (χ1) is 17.0. The van der Waals surface area contributed by atoms with Crippen molar-refractivity contribution in [1.82, 2.24) is 4.57 Å². The molecule has 0 saturated heterocycles. The summed E-state index contributed by atoms with van der Waals surface area (Å²) in [5, 5.41) is 10.5. The number of fused-ring (bicyclic) bond motifs is 1. The molecule has 0 bridgehead atoms. The maximum atomic E-state index is 12.9. The highest BCUT2D eigenvalue weighted by molar-refractivity contribution is 6.05. The number of aryl methyl sites for hydroxylation is 1. The maximum Gasteiger partial charge on any atom is 0.338 e. The highest BCUT2D eigenvalue weighted by atomic mass is 16.5. The molecule has 188 valence electrons. The van der Waals surface area contributed by atoms with Crippen molar-refractivity contribution in [1.29, 1.82) is 0 Å². The highest BCUT2D eigenvalue weighted by Crippen LogP contribution is 2.28. The second kappa shape index (κ2) is 13.7. The number of unbranched alkanes of at least 4 members (excludes halogenated alkanes) is 6. The first-order valence-electron chi connectivity index (χ1n) is 13.1. The Kier molecular flexibility index (Phi) is 10.4. The molecule has 0 radical (unpaired) electrons. The fraction of sp³-hybridized carbons (Fsp3) is 0.467. The van der Waals surface area contributed by atoms with Gasteiger partial charge in [-0.05, 0) is 49.4 Å². The number of hydrogen-bond donors (Lipinski definition) is 1. The van der Waals surface area contributed by atoms with Crippen LogP contribution in [0.4, 0.5) is 0 Å². The predicted molar refractivity (Wildman–Crippen MR) is 142 cm³/mol. The number of aromatic carboxylic acids is 1. The van der Waals surface area contributed by atoms with Crippen LogP contribution in [0.3, 0.4) is 0 Å². The average Bonchev–Trinajstić information content (AvgIpc) is 3.17. The largest absolute Gasteiger partial charge is 0.486 e. The molecule has 0 unspecified atom stereocenters. The Morgan fingerprint density at radius 2 is 1.51 bits per heavy atom. The fourth-order valence-corrected chi connectivity index (χ4v) is 4.63. The van der Waals surface area contributed by atoms with Crippen molar-refractivity contribution in [3.63, 3.8) is 0 Å². The van der Waals surface area contributed by atoms with Crippen molar-refractivity contribution >= 4 is 22.7 Å². The minimum absolute atomic E-state index is 0.0428. The molecule has 5 nitrogen and oxygen atoms in total. The average molecular weight is 478 g/mol. The van der Waals surface area contributed by atoms with E-state index in [1.54, 1.807) is 0 Å². The van der Waals surface area contributed by atoms with Gasteiger partial charge in [0.2, 0.25) is 0 Å². The van der Waals surface area contributed by atoms with Gasteiger partial charge >= 0.3 is 5.97 Å². The minimum atomic E-state index is -0.948. The van der Waals surface area contributed by atoms with E-state index in [0.29, 0.717) is 28.8 Å². The van der Waals surface area contributed by atoms with Crippen molar-refractivity contribution in [3.8, 4) is 5.75 Å². The third-order valence-corrected chi connectivity index (χ3v) is 6.54. The van der Waals surface area contributed by atoms with Gasteiger partial charge in [-0.3, -0.25) is 4.79 Å². The number of hydrogen-bond acceptors (Lipinski definition) is 3. The van der Waals surface area contributed by atoms with Crippen molar-refractivity contribution in [2.75, 3.05) is 6.61 Å². The van der Waals surface area contributed by atoms with Crippen molar-refractivity contribution in [3.05, 3.63) is 65.4 Å². The van der Waals surface area contributed by atoms with Gasteiger partial charge in [-0.2, -0.15) is 0 Å². The number of carbonyl (C=O) groups is 2. The summed E-state index contributed by atoms with van der Waals surface area (Å²) < 4.78 is 7.64. The predicted octanol–water partition coefficient (Wildman–Crippen LogP) is 7.23. The molecule has 1 heterocycles. The van der Waals surface area contributed by atoms with Crippen LogP contribution in [0.5, 0.6) is 5.75 Å². The molecule has 5 heteroatoms. The zero-order valence-electron chi connectivity index (χ0n) is 21.2. The van der Waals surface area contributed by atoms with Crippen LogP contribution in [-0.2, 0) is 24.2 Å². The zero-order valence-corrected chi connectivity index (χ0v) is 21.2. The number of nitrogens with zero attached hydrogens (tertiary/aromatic N) is 1. The molecule has 1 aromatic heterocycles. The molecule has 3 rings (SSSR count).